The molecule has 9 nitrogen and oxygen atoms in total. The quantitative estimate of drug-likeness (QED) is 0.645. The normalized spacial score (nSPS) is 16.2. The molecule has 160 valence electrons. The molecule has 5 rings (SSSR count). The first-order valence-electron chi connectivity index (χ1n) is 9.73. The maximum absolute atomic E-state index is 14.4. The lowest BCUT2D eigenvalue weighted by Crippen LogP contribution is -2.22. The highest BCUT2D eigenvalue weighted by atomic mass is 32.2. The second kappa shape index (κ2) is 7.43. The first kappa shape index (κ1) is 19.6. The number of nitrogens with one attached hydrogen (secondary N) is 1. The van der Waals surface area contributed by atoms with E-state index in [0.29, 0.717) is 30.0 Å². The smallest absolute Gasteiger partial charge is 0.354 e. The minimum atomic E-state index is -3.60. The molecule has 0 fully saturated rings. The first-order chi connectivity index (χ1) is 14.9. The van der Waals surface area contributed by atoms with E-state index in [0.717, 1.165) is 36.6 Å². The molecule has 3 heterocycles. The number of amides is 2. The fourth-order valence-corrected chi connectivity index (χ4v) is 4.81. The zero-order chi connectivity index (χ0) is 21.6. The van der Waals surface area contributed by atoms with Crippen molar-refractivity contribution in [3.8, 4) is 17.0 Å². The molecule has 11 heteroatoms. The summed E-state index contributed by atoms with van der Waals surface area (Å²) in [5.41, 5.74) is 3.18. The number of aromatic nitrogens is 3. The number of ether oxygens (including phenoxy) is 1. The SMILES string of the molecule is N[S@](=O)(=NC(=O)Nc1c(-c2ccncc2F)ccc2c1CC2)c1cnn2c1OCCC2. The Balaban J connectivity index is 1.52. The standard InChI is InChI=1S/C20H19FN6O3S/c21-16-10-23-7-6-14(16)15-5-3-12-2-4-13(12)18(15)25-20(28)26-31(22,29)17-11-24-27-8-1-9-30-19(17)27/h3,5-7,10-11H,1-2,4,8-9H2,(H3,22,25,26,28,29)/t31-/m0/s1. The Labute approximate surface area is 177 Å². The Morgan fingerprint density at radius 1 is 1.26 bits per heavy atom. The number of nitrogens with two attached hydrogens (primary N) is 1. The number of urea groups is 1. The fourth-order valence-electron chi connectivity index (χ4n) is 3.80. The molecule has 3 aromatic rings. The number of halogens is 1. The van der Waals surface area contributed by atoms with Gasteiger partial charge < -0.3 is 10.1 Å². The van der Waals surface area contributed by atoms with Gasteiger partial charge in [-0.2, -0.15) is 5.10 Å². The summed E-state index contributed by atoms with van der Waals surface area (Å²) in [4.78, 5) is 16.6. The number of benzene rings is 1. The van der Waals surface area contributed by atoms with Crippen LogP contribution in [0.3, 0.4) is 0 Å². The van der Waals surface area contributed by atoms with Gasteiger partial charge in [-0.1, -0.05) is 12.1 Å². The lowest BCUT2D eigenvalue weighted by molar-refractivity contribution is 0.224. The van der Waals surface area contributed by atoms with Gasteiger partial charge >= 0.3 is 6.03 Å². The number of aryl methyl sites for hydroxylation is 2. The van der Waals surface area contributed by atoms with Crippen LogP contribution in [0, 0.1) is 5.82 Å². The van der Waals surface area contributed by atoms with Crippen molar-refractivity contribution in [3.63, 3.8) is 0 Å². The van der Waals surface area contributed by atoms with Gasteiger partial charge in [0.1, 0.15) is 10.7 Å². The molecule has 1 aliphatic carbocycles. The zero-order valence-electron chi connectivity index (χ0n) is 16.4. The average molecular weight is 442 g/mol. The van der Waals surface area contributed by atoms with Gasteiger partial charge in [0, 0.05) is 30.3 Å². The van der Waals surface area contributed by atoms with Gasteiger partial charge in [-0.25, -0.2) is 23.2 Å². The predicted octanol–water partition coefficient (Wildman–Crippen LogP) is 2.90. The van der Waals surface area contributed by atoms with Gasteiger partial charge in [-0.05, 0) is 30.0 Å². The molecule has 2 aromatic heterocycles. The van der Waals surface area contributed by atoms with Crippen molar-refractivity contribution in [2.24, 2.45) is 9.50 Å². The van der Waals surface area contributed by atoms with Crippen molar-refractivity contribution in [1.29, 1.82) is 0 Å². The summed E-state index contributed by atoms with van der Waals surface area (Å²) in [7, 11) is -3.60. The van der Waals surface area contributed by atoms with Crippen molar-refractivity contribution >= 4 is 21.6 Å². The van der Waals surface area contributed by atoms with Crippen LogP contribution < -0.4 is 15.2 Å². The molecule has 1 aliphatic heterocycles. The molecule has 3 N–H and O–H groups in total. The number of fused-ring (bicyclic) bond motifs is 2. The highest BCUT2D eigenvalue weighted by molar-refractivity contribution is 7.91. The van der Waals surface area contributed by atoms with E-state index in [1.807, 2.05) is 6.07 Å². The molecule has 0 bridgehead atoms. The Morgan fingerprint density at radius 3 is 2.90 bits per heavy atom. The minimum Gasteiger partial charge on any atom is -0.477 e. The van der Waals surface area contributed by atoms with Crippen molar-refractivity contribution in [1.82, 2.24) is 14.8 Å². The van der Waals surface area contributed by atoms with E-state index in [1.54, 1.807) is 10.7 Å². The van der Waals surface area contributed by atoms with E-state index in [-0.39, 0.29) is 10.8 Å². The van der Waals surface area contributed by atoms with Crippen LogP contribution in [0.5, 0.6) is 5.88 Å². The van der Waals surface area contributed by atoms with Gasteiger partial charge in [0.25, 0.3) is 0 Å². The van der Waals surface area contributed by atoms with Gasteiger partial charge in [-0.15, -0.1) is 4.36 Å². The summed E-state index contributed by atoms with van der Waals surface area (Å²) in [5, 5.41) is 12.7. The summed E-state index contributed by atoms with van der Waals surface area (Å²) in [6.07, 6.45) is 6.26. The van der Waals surface area contributed by atoms with Crippen LogP contribution >= 0.6 is 0 Å². The number of hydrogen-bond acceptors (Lipinski definition) is 5. The topological polar surface area (TPSA) is 124 Å². The summed E-state index contributed by atoms with van der Waals surface area (Å²) >= 11 is 0. The van der Waals surface area contributed by atoms with E-state index in [9.17, 15) is 13.4 Å². The van der Waals surface area contributed by atoms with Crippen molar-refractivity contribution in [2.75, 3.05) is 11.9 Å². The van der Waals surface area contributed by atoms with E-state index < -0.39 is 21.8 Å². The Hall–Kier alpha value is -3.31. The number of pyridine rings is 1. The maximum atomic E-state index is 14.4. The molecule has 2 amide bonds. The molecular formula is C20H19FN6O3S. The Morgan fingerprint density at radius 2 is 2.13 bits per heavy atom. The number of carbonyl (C=O) groups excluding carboxylic acids is 1. The van der Waals surface area contributed by atoms with E-state index in [4.69, 9.17) is 9.88 Å². The summed E-state index contributed by atoms with van der Waals surface area (Å²) in [5.74, 6) is -0.251. The average Bonchev–Trinajstić information content (AvgIpc) is 3.15. The van der Waals surface area contributed by atoms with Gasteiger partial charge in [-0.3, -0.25) is 4.98 Å². The van der Waals surface area contributed by atoms with Crippen LogP contribution in [0.15, 0.2) is 46.0 Å². The van der Waals surface area contributed by atoms with Gasteiger partial charge in [0.2, 0.25) is 5.88 Å². The highest BCUT2D eigenvalue weighted by Gasteiger charge is 2.26. The number of anilines is 1. The van der Waals surface area contributed by atoms with E-state index >= 15 is 0 Å². The van der Waals surface area contributed by atoms with Gasteiger partial charge in [0.15, 0.2) is 9.92 Å². The third-order valence-electron chi connectivity index (χ3n) is 5.40. The lowest BCUT2D eigenvalue weighted by atomic mass is 9.84. The molecule has 1 atom stereocenters. The monoisotopic (exact) mass is 442 g/mol. The number of rotatable bonds is 3. The molecule has 2 aliphatic rings. The maximum Gasteiger partial charge on any atom is 0.354 e. The van der Waals surface area contributed by atoms with Crippen molar-refractivity contribution in [3.05, 3.63) is 53.7 Å². The molecule has 0 saturated heterocycles. The molecule has 0 saturated carbocycles. The Kier molecular flexibility index (Phi) is 4.71. The molecule has 0 unspecified atom stereocenters. The molecular weight excluding hydrogens is 423 g/mol. The van der Waals surface area contributed by atoms with Crippen LogP contribution in [-0.2, 0) is 29.3 Å². The predicted molar refractivity (Wildman–Crippen MR) is 111 cm³/mol. The third kappa shape index (κ3) is 3.45. The second-order valence-corrected chi connectivity index (χ2v) is 9.07. The minimum absolute atomic E-state index is 0.0730. The largest absolute Gasteiger partial charge is 0.477 e. The molecule has 1 aromatic carbocycles. The van der Waals surface area contributed by atoms with Crippen LogP contribution in [0.4, 0.5) is 14.9 Å². The van der Waals surface area contributed by atoms with Crippen molar-refractivity contribution in [2.45, 2.75) is 30.7 Å². The van der Waals surface area contributed by atoms with Crippen LogP contribution in [0.25, 0.3) is 11.1 Å². The summed E-state index contributed by atoms with van der Waals surface area (Å²) in [6.45, 7) is 1.05. The van der Waals surface area contributed by atoms with E-state index in [1.165, 1.54) is 18.5 Å². The number of nitrogens with zero attached hydrogens (tertiary/aromatic N) is 4. The van der Waals surface area contributed by atoms with Gasteiger partial charge in [0.05, 0.1) is 24.7 Å². The van der Waals surface area contributed by atoms with Crippen LogP contribution in [0.2, 0.25) is 0 Å². The first-order valence-corrected chi connectivity index (χ1v) is 11.3. The fraction of sp³-hybridized carbons (Fsp3) is 0.250. The van der Waals surface area contributed by atoms with Crippen molar-refractivity contribution < 1.29 is 18.1 Å². The number of carbonyl (C=O) groups is 1. The second-order valence-electron chi connectivity index (χ2n) is 7.31. The van der Waals surface area contributed by atoms with Crippen LogP contribution in [0.1, 0.15) is 17.5 Å². The van der Waals surface area contributed by atoms with E-state index in [2.05, 4.69) is 19.8 Å². The lowest BCUT2D eigenvalue weighted by Gasteiger charge is -2.25. The molecule has 31 heavy (non-hydrogen) atoms. The highest BCUT2D eigenvalue weighted by Crippen LogP contribution is 2.39. The van der Waals surface area contributed by atoms with Crippen LogP contribution in [-0.4, -0.2) is 31.6 Å². The number of hydrogen-bond donors (Lipinski definition) is 2. The third-order valence-corrected chi connectivity index (χ3v) is 6.74. The summed E-state index contributed by atoms with van der Waals surface area (Å²) < 4.78 is 38.2. The molecule has 0 spiro atoms. The summed E-state index contributed by atoms with van der Waals surface area (Å²) in [6, 6.07) is 4.29. The zero-order valence-corrected chi connectivity index (χ0v) is 17.2. The Bertz CT molecular complexity index is 1330. The molecule has 0 radical (unpaired) electrons.